The first-order valence-corrected chi connectivity index (χ1v) is 3.70. The molecule has 0 aliphatic heterocycles. The molecule has 0 atom stereocenters. The molecular formula is C9H6O4. The standard InChI is InChI=1S/C9H6O4/c1-4(10)7-5-2-3-6(13-5)8(7)9(11)12/h2-3H,1H3,(H,11,12). The van der Waals surface area contributed by atoms with E-state index >= 15 is 0 Å². The normalized spacial score (nSPS) is 10.8. The van der Waals surface area contributed by atoms with Crippen molar-refractivity contribution in [1.82, 2.24) is 0 Å². The lowest BCUT2D eigenvalue weighted by Crippen LogP contribution is -2.04. The van der Waals surface area contributed by atoms with E-state index in [1.807, 2.05) is 0 Å². The van der Waals surface area contributed by atoms with Crippen LogP contribution in [0.4, 0.5) is 0 Å². The molecule has 0 saturated carbocycles. The summed E-state index contributed by atoms with van der Waals surface area (Å²) in [6.45, 7) is 1.32. The fourth-order valence-electron chi connectivity index (χ4n) is 1.41. The van der Waals surface area contributed by atoms with Crippen molar-refractivity contribution in [1.29, 1.82) is 0 Å². The average molecular weight is 178 g/mol. The van der Waals surface area contributed by atoms with E-state index in [9.17, 15) is 9.59 Å². The Morgan fingerprint density at radius 2 is 1.77 bits per heavy atom. The number of carbonyl (C=O) groups is 2. The van der Waals surface area contributed by atoms with E-state index in [1.54, 1.807) is 12.1 Å². The maximum atomic E-state index is 11.1. The molecule has 0 unspecified atom stereocenters. The lowest BCUT2D eigenvalue weighted by atomic mass is 10.1. The number of ketones is 1. The quantitative estimate of drug-likeness (QED) is 0.711. The Kier molecular flexibility index (Phi) is 1.39. The predicted molar refractivity (Wildman–Crippen MR) is 44.4 cm³/mol. The van der Waals surface area contributed by atoms with E-state index < -0.39 is 5.97 Å². The number of carboxylic acids is 1. The number of Topliss-reactive ketones (excluding diaryl/α,β-unsaturated/α-hetero) is 1. The van der Waals surface area contributed by atoms with Crippen molar-refractivity contribution < 1.29 is 19.1 Å². The first-order valence-electron chi connectivity index (χ1n) is 3.70. The van der Waals surface area contributed by atoms with Crippen LogP contribution >= 0.6 is 0 Å². The highest BCUT2D eigenvalue weighted by Crippen LogP contribution is 2.28. The molecule has 2 aromatic rings. The minimum Gasteiger partial charge on any atom is -0.478 e. The van der Waals surface area contributed by atoms with Crippen molar-refractivity contribution in [3.8, 4) is 0 Å². The van der Waals surface area contributed by atoms with Crippen LogP contribution < -0.4 is 0 Å². The van der Waals surface area contributed by atoms with Crippen molar-refractivity contribution in [2.45, 2.75) is 6.92 Å². The smallest absolute Gasteiger partial charge is 0.340 e. The largest absolute Gasteiger partial charge is 0.478 e. The molecule has 2 bridgehead atoms. The van der Waals surface area contributed by atoms with Gasteiger partial charge in [-0.2, -0.15) is 0 Å². The van der Waals surface area contributed by atoms with Crippen molar-refractivity contribution >= 4 is 22.9 Å². The average Bonchev–Trinajstić information content (AvgIpc) is 2.60. The molecule has 13 heavy (non-hydrogen) atoms. The van der Waals surface area contributed by atoms with Gasteiger partial charge in [0.1, 0.15) is 16.7 Å². The number of aromatic carboxylic acids is 1. The zero-order chi connectivity index (χ0) is 9.59. The highest BCUT2D eigenvalue weighted by atomic mass is 16.4. The van der Waals surface area contributed by atoms with Gasteiger partial charge in [0.2, 0.25) is 0 Å². The molecule has 2 rings (SSSR count). The Morgan fingerprint density at radius 3 is 2.15 bits per heavy atom. The van der Waals surface area contributed by atoms with Crippen LogP contribution in [-0.4, -0.2) is 16.9 Å². The van der Waals surface area contributed by atoms with E-state index in [1.165, 1.54) is 6.92 Å². The number of hydrogen-bond acceptors (Lipinski definition) is 3. The highest BCUT2D eigenvalue weighted by Gasteiger charge is 2.24. The molecule has 2 aromatic heterocycles. The second-order valence-electron chi connectivity index (χ2n) is 2.78. The third-order valence-corrected chi connectivity index (χ3v) is 1.91. The van der Waals surface area contributed by atoms with Crippen molar-refractivity contribution in [3.63, 3.8) is 0 Å². The fourth-order valence-corrected chi connectivity index (χ4v) is 1.41. The second-order valence-corrected chi connectivity index (χ2v) is 2.78. The first-order chi connectivity index (χ1) is 6.11. The third kappa shape index (κ3) is 0.917. The van der Waals surface area contributed by atoms with Gasteiger partial charge in [0.25, 0.3) is 0 Å². The Balaban J connectivity index is 2.80. The van der Waals surface area contributed by atoms with Crippen LogP contribution in [0.1, 0.15) is 27.6 Å². The van der Waals surface area contributed by atoms with Crippen LogP contribution in [0.2, 0.25) is 0 Å². The highest BCUT2D eigenvalue weighted by molar-refractivity contribution is 6.14. The molecule has 4 nitrogen and oxygen atoms in total. The maximum absolute atomic E-state index is 11.1. The number of carboxylic acid groups (broad SMARTS) is 1. The van der Waals surface area contributed by atoms with E-state index in [0.717, 1.165) is 0 Å². The minimum absolute atomic E-state index is 0.0231. The Morgan fingerprint density at radius 1 is 1.23 bits per heavy atom. The van der Waals surface area contributed by atoms with E-state index in [4.69, 9.17) is 9.52 Å². The number of benzene rings is 1. The molecule has 0 radical (unpaired) electrons. The lowest BCUT2D eigenvalue weighted by molar-refractivity contribution is 0.0694. The summed E-state index contributed by atoms with van der Waals surface area (Å²) in [5, 5.41) is 8.80. The van der Waals surface area contributed by atoms with Crippen LogP contribution in [0.5, 0.6) is 0 Å². The summed E-state index contributed by atoms with van der Waals surface area (Å²) in [5.74, 6) is -1.41. The molecule has 4 heteroatoms. The van der Waals surface area contributed by atoms with Gasteiger partial charge in [0, 0.05) is 0 Å². The van der Waals surface area contributed by atoms with Crippen LogP contribution in [0, 0.1) is 0 Å². The third-order valence-electron chi connectivity index (χ3n) is 1.91. The first kappa shape index (κ1) is 7.79. The van der Waals surface area contributed by atoms with Crippen molar-refractivity contribution in [2.75, 3.05) is 0 Å². The summed E-state index contributed by atoms with van der Waals surface area (Å²) in [5.41, 5.74) is 0.752. The van der Waals surface area contributed by atoms with Gasteiger partial charge >= 0.3 is 5.97 Å². The van der Waals surface area contributed by atoms with Crippen LogP contribution in [0.3, 0.4) is 0 Å². The van der Waals surface area contributed by atoms with Crippen LogP contribution in [0.25, 0.3) is 11.2 Å². The monoisotopic (exact) mass is 178 g/mol. The number of furan rings is 2. The van der Waals surface area contributed by atoms with Gasteiger partial charge in [-0.1, -0.05) is 0 Å². The maximum Gasteiger partial charge on any atom is 0.340 e. The molecule has 0 aliphatic rings. The molecular weight excluding hydrogens is 172 g/mol. The molecule has 1 N–H and O–H groups in total. The van der Waals surface area contributed by atoms with Gasteiger partial charge in [-0.05, 0) is 19.1 Å². The van der Waals surface area contributed by atoms with Gasteiger partial charge in [0.05, 0.1) is 5.56 Å². The zero-order valence-corrected chi connectivity index (χ0v) is 6.83. The summed E-state index contributed by atoms with van der Waals surface area (Å²) in [7, 11) is 0. The molecule has 66 valence electrons. The van der Waals surface area contributed by atoms with Gasteiger partial charge in [0.15, 0.2) is 5.78 Å². The van der Waals surface area contributed by atoms with E-state index in [0.29, 0.717) is 5.58 Å². The van der Waals surface area contributed by atoms with Gasteiger partial charge in [-0.25, -0.2) is 4.79 Å². The van der Waals surface area contributed by atoms with Crippen molar-refractivity contribution in [2.24, 2.45) is 0 Å². The summed E-state index contributed by atoms with van der Waals surface area (Å²) in [6, 6.07) is 3.14. The second kappa shape index (κ2) is 2.32. The molecule has 0 amide bonds. The number of fused-ring (bicyclic) bond motifs is 2. The molecule has 0 aromatic carbocycles. The molecule has 0 aliphatic carbocycles. The minimum atomic E-state index is -1.13. The van der Waals surface area contributed by atoms with E-state index in [-0.39, 0.29) is 22.5 Å². The Bertz CT molecular complexity index is 437. The fraction of sp³-hybridized carbons (Fsp3) is 0.111. The molecule has 0 saturated heterocycles. The number of hydrogen-bond donors (Lipinski definition) is 1. The summed E-state index contributed by atoms with van der Waals surface area (Å²) in [6.07, 6.45) is 0. The van der Waals surface area contributed by atoms with Gasteiger partial charge in [-0.3, -0.25) is 4.79 Å². The van der Waals surface area contributed by atoms with E-state index in [2.05, 4.69) is 0 Å². The molecule has 0 spiro atoms. The molecule has 0 fully saturated rings. The number of rotatable bonds is 2. The predicted octanol–water partition coefficient (Wildman–Crippen LogP) is 1.77. The Hall–Kier alpha value is -1.84. The summed E-state index contributed by atoms with van der Waals surface area (Å²) in [4.78, 5) is 21.8. The zero-order valence-electron chi connectivity index (χ0n) is 6.83. The SMILES string of the molecule is CC(=O)c1c(C(=O)O)c2ccc1o2. The van der Waals surface area contributed by atoms with Crippen LogP contribution in [0.15, 0.2) is 16.5 Å². The van der Waals surface area contributed by atoms with Crippen molar-refractivity contribution in [3.05, 3.63) is 23.3 Å². The molecule has 2 heterocycles. The van der Waals surface area contributed by atoms with Crippen LogP contribution in [-0.2, 0) is 0 Å². The Labute approximate surface area is 73.1 Å². The van der Waals surface area contributed by atoms with Gasteiger partial charge in [-0.15, -0.1) is 0 Å². The number of carbonyl (C=O) groups excluding carboxylic acids is 1. The summed E-state index contributed by atoms with van der Waals surface area (Å²) < 4.78 is 5.07. The van der Waals surface area contributed by atoms with Gasteiger partial charge < -0.3 is 9.52 Å². The lowest BCUT2D eigenvalue weighted by Gasteiger charge is -1.94. The topological polar surface area (TPSA) is 67.5 Å². The summed E-state index contributed by atoms with van der Waals surface area (Å²) >= 11 is 0.